The Kier molecular flexibility index (Phi) is 5.62. The van der Waals surface area contributed by atoms with Crippen LogP contribution in [0.4, 0.5) is 0 Å². The van der Waals surface area contributed by atoms with Crippen LogP contribution in [0.15, 0.2) is 40.2 Å². The van der Waals surface area contributed by atoms with E-state index in [9.17, 15) is 9.70 Å². The van der Waals surface area contributed by atoms with E-state index >= 15 is 0 Å². The molecule has 0 aromatic heterocycles. The van der Waals surface area contributed by atoms with Crippen molar-refractivity contribution in [3.63, 3.8) is 0 Å². The summed E-state index contributed by atoms with van der Waals surface area (Å²) in [5.74, 6) is -0.234. The Labute approximate surface area is 136 Å². The van der Waals surface area contributed by atoms with Gasteiger partial charge in [-0.05, 0) is 30.9 Å². The Morgan fingerprint density at radius 3 is 2.57 bits per heavy atom. The van der Waals surface area contributed by atoms with Crippen molar-refractivity contribution in [2.45, 2.75) is 26.3 Å². The highest BCUT2D eigenvalue weighted by Crippen LogP contribution is 2.28. The Morgan fingerprint density at radius 2 is 1.96 bits per heavy atom. The number of hydrogen-bond acceptors (Lipinski definition) is 5. The second-order valence-electron chi connectivity index (χ2n) is 5.57. The zero-order chi connectivity index (χ0) is 16.8. The molecule has 0 radical (unpaired) electrons. The first-order valence-corrected chi connectivity index (χ1v) is 7.68. The second-order valence-corrected chi connectivity index (χ2v) is 5.57. The average Bonchev–Trinajstić information content (AvgIpc) is 3.10. The van der Waals surface area contributed by atoms with Crippen LogP contribution < -0.4 is 0 Å². The van der Waals surface area contributed by atoms with E-state index in [2.05, 4.69) is 21.9 Å². The van der Waals surface area contributed by atoms with Gasteiger partial charge >= 0.3 is 0 Å². The van der Waals surface area contributed by atoms with Crippen LogP contribution in [0.3, 0.4) is 0 Å². The fraction of sp³-hybridized carbons (Fsp3) is 0.412. The summed E-state index contributed by atoms with van der Waals surface area (Å²) in [5, 5.41) is 7.92. The van der Waals surface area contributed by atoms with Crippen molar-refractivity contribution >= 4 is 18.2 Å². The number of amides is 1. The molecule has 6 nitrogen and oxygen atoms in total. The summed E-state index contributed by atoms with van der Waals surface area (Å²) in [4.78, 5) is 25.8. The normalized spacial score (nSPS) is 15.1. The third kappa shape index (κ3) is 3.64. The van der Waals surface area contributed by atoms with Gasteiger partial charge in [-0.15, -0.1) is 0 Å². The average molecular weight is 314 g/mol. The molecule has 1 heterocycles. The molecule has 0 spiro atoms. The molecule has 0 unspecified atom stereocenters. The summed E-state index contributed by atoms with van der Waals surface area (Å²) >= 11 is 0. The van der Waals surface area contributed by atoms with Crippen LogP contribution in [0.5, 0.6) is 0 Å². The molecule has 1 aliphatic rings. The van der Waals surface area contributed by atoms with E-state index in [1.54, 1.807) is 7.05 Å². The smallest absolute Gasteiger partial charge is 0.276 e. The van der Waals surface area contributed by atoms with Crippen LogP contribution in [0.1, 0.15) is 30.9 Å². The lowest BCUT2D eigenvalue weighted by molar-refractivity contribution is -0.123. The zero-order valence-corrected chi connectivity index (χ0v) is 13.7. The van der Waals surface area contributed by atoms with Crippen molar-refractivity contribution in [3.8, 4) is 0 Å². The van der Waals surface area contributed by atoms with Gasteiger partial charge < -0.3 is 4.90 Å². The minimum absolute atomic E-state index is 0.0332. The van der Waals surface area contributed by atoms with E-state index < -0.39 is 0 Å². The standard InChI is InChI=1S/C17H22N4O2/c1-13(21-10-6-7-11-21)16(17(22)20(3)18-2)15-9-5-4-8-14(15)12-19-23/h4-5,8-9H,2,6-7,10-12H2,1,3H3/b16-13+. The highest BCUT2D eigenvalue weighted by Gasteiger charge is 2.25. The van der Waals surface area contributed by atoms with Crippen molar-refractivity contribution in [3.05, 3.63) is 46.0 Å². The Hall–Kier alpha value is -2.50. The number of carbonyl (C=O) groups is 1. The van der Waals surface area contributed by atoms with Crippen molar-refractivity contribution in [2.24, 2.45) is 10.3 Å². The quantitative estimate of drug-likeness (QED) is 0.351. The van der Waals surface area contributed by atoms with Gasteiger partial charge in [-0.25, -0.2) is 5.01 Å². The van der Waals surface area contributed by atoms with Gasteiger partial charge in [-0.1, -0.05) is 29.4 Å². The molecule has 1 amide bonds. The number of carbonyl (C=O) groups excluding carboxylic acids is 1. The van der Waals surface area contributed by atoms with Crippen LogP contribution >= 0.6 is 0 Å². The van der Waals surface area contributed by atoms with E-state index in [0.29, 0.717) is 5.57 Å². The fourth-order valence-corrected chi connectivity index (χ4v) is 2.87. The maximum Gasteiger partial charge on any atom is 0.276 e. The van der Waals surface area contributed by atoms with E-state index in [1.165, 1.54) is 5.01 Å². The van der Waals surface area contributed by atoms with E-state index in [1.807, 2.05) is 31.2 Å². The van der Waals surface area contributed by atoms with Gasteiger partial charge in [0.1, 0.15) is 6.54 Å². The number of hydrogen-bond donors (Lipinski definition) is 0. The number of allylic oxidation sites excluding steroid dienone is 1. The minimum atomic E-state index is -0.234. The SMILES string of the molecule is C=NN(C)C(=O)/C(=C(\C)N1CCCC1)c1ccccc1CN=O. The van der Waals surface area contributed by atoms with E-state index in [-0.39, 0.29) is 12.5 Å². The molecule has 2 rings (SSSR count). The summed E-state index contributed by atoms with van der Waals surface area (Å²) < 4.78 is 0. The van der Waals surface area contributed by atoms with E-state index in [0.717, 1.165) is 42.8 Å². The van der Waals surface area contributed by atoms with Crippen molar-refractivity contribution in [2.75, 3.05) is 20.1 Å². The van der Waals surface area contributed by atoms with Crippen LogP contribution in [0, 0.1) is 4.91 Å². The Bertz CT molecular complexity index is 633. The molecule has 1 fully saturated rings. The van der Waals surface area contributed by atoms with Gasteiger partial charge in [0.2, 0.25) is 0 Å². The topological polar surface area (TPSA) is 65.3 Å². The Balaban J connectivity index is 2.58. The molecular formula is C17H22N4O2. The maximum absolute atomic E-state index is 12.8. The first-order valence-electron chi connectivity index (χ1n) is 7.68. The molecule has 1 aromatic rings. The lowest BCUT2D eigenvalue weighted by atomic mass is 9.97. The van der Waals surface area contributed by atoms with Gasteiger partial charge in [-0.3, -0.25) is 4.79 Å². The predicted octanol–water partition coefficient (Wildman–Crippen LogP) is 2.85. The van der Waals surface area contributed by atoms with Gasteiger partial charge in [0.05, 0.1) is 5.57 Å². The van der Waals surface area contributed by atoms with Crippen LogP contribution in [-0.2, 0) is 11.3 Å². The van der Waals surface area contributed by atoms with Crippen LogP contribution in [-0.4, -0.2) is 42.7 Å². The number of benzene rings is 1. The third-order valence-electron chi connectivity index (χ3n) is 4.18. The zero-order valence-electron chi connectivity index (χ0n) is 13.7. The molecular weight excluding hydrogens is 292 g/mol. The molecule has 23 heavy (non-hydrogen) atoms. The lowest BCUT2D eigenvalue weighted by Crippen LogP contribution is -2.27. The molecule has 1 aromatic carbocycles. The monoisotopic (exact) mass is 314 g/mol. The summed E-state index contributed by atoms with van der Waals surface area (Å²) in [6.07, 6.45) is 2.23. The highest BCUT2D eigenvalue weighted by atomic mass is 16.3. The summed E-state index contributed by atoms with van der Waals surface area (Å²) in [5.41, 5.74) is 2.93. The molecule has 0 saturated carbocycles. The first-order chi connectivity index (χ1) is 11.1. The van der Waals surface area contributed by atoms with Crippen molar-refractivity contribution in [1.29, 1.82) is 0 Å². The molecule has 0 N–H and O–H groups in total. The fourth-order valence-electron chi connectivity index (χ4n) is 2.87. The number of likely N-dealkylation sites (N-methyl/N-ethyl adjacent to an activating group) is 1. The molecule has 1 saturated heterocycles. The van der Waals surface area contributed by atoms with Gasteiger partial charge in [0.15, 0.2) is 0 Å². The predicted molar refractivity (Wildman–Crippen MR) is 91.7 cm³/mol. The van der Waals surface area contributed by atoms with Gasteiger partial charge in [0, 0.05) is 32.6 Å². The molecule has 0 bridgehead atoms. The Morgan fingerprint density at radius 1 is 1.30 bits per heavy atom. The number of nitroso groups, excluding NO2 is 1. The number of nitrogens with zero attached hydrogens (tertiary/aromatic N) is 4. The molecule has 0 atom stereocenters. The number of rotatable bonds is 6. The van der Waals surface area contributed by atoms with Gasteiger partial charge in [-0.2, -0.15) is 10.0 Å². The summed E-state index contributed by atoms with van der Waals surface area (Å²) in [6, 6.07) is 7.37. The molecule has 0 aliphatic carbocycles. The van der Waals surface area contributed by atoms with E-state index in [4.69, 9.17) is 0 Å². The van der Waals surface area contributed by atoms with Crippen LogP contribution in [0.25, 0.3) is 5.57 Å². The third-order valence-corrected chi connectivity index (χ3v) is 4.18. The van der Waals surface area contributed by atoms with Gasteiger partial charge in [0.25, 0.3) is 5.91 Å². The summed E-state index contributed by atoms with van der Waals surface area (Å²) in [6.45, 7) is 7.27. The van der Waals surface area contributed by atoms with Crippen molar-refractivity contribution in [1.82, 2.24) is 9.91 Å². The summed E-state index contributed by atoms with van der Waals surface area (Å²) in [7, 11) is 1.58. The lowest BCUT2D eigenvalue weighted by Gasteiger charge is -2.24. The number of likely N-dealkylation sites (tertiary alicyclic amines) is 1. The largest absolute Gasteiger partial charge is 0.374 e. The molecule has 1 aliphatic heterocycles. The molecule has 6 heteroatoms. The van der Waals surface area contributed by atoms with Crippen molar-refractivity contribution < 1.29 is 4.79 Å². The highest BCUT2D eigenvalue weighted by molar-refractivity contribution is 6.20. The second kappa shape index (κ2) is 7.67. The van der Waals surface area contributed by atoms with Crippen LogP contribution in [0.2, 0.25) is 0 Å². The number of hydrazone groups is 1. The minimum Gasteiger partial charge on any atom is -0.374 e. The first kappa shape index (κ1) is 16.9. The maximum atomic E-state index is 12.8. The molecule has 122 valence electrons.